The van der Waals surface area contributed by atoms with Gasteiger partial charge < -0.3 is 10.1 Å². The number of benzene rings is 1. The van der Waals surface area contributed by atoms with Crippen molar-refractivity contribution in [3.05, 3.63) is 28.4 Å². The van der Waals surface area contributed by atoms with Gasteiger partial charge in [-0.3, -0.25) is 4.55 Å². The zero-order chi connectivity index (χ0) is 15.9. The Hall–Kier alpha value is -1.43. The number of carboxylic acid groups (broad SMARTS) is 1. The maximum Gasteiger partial charge on any atom is 0.352 e. The highest BCUT2D eigenvalue weighted by molar-refractivity contribution is 9.10. The summed E-state index contributed by atoms with van der Waals surface area (Å²) < 4.78 is 44.3. The number of aromatic nitrogens is 1. The molecule has 2 rings (SSSR count). The summed E-state index contributed by atoms with van der Waals surface area (Å²) in [4.78, 5) is 13.5. The van der Waals surface area contributed by atoms with Crippen molar-refractivity contribution in [2.45, 2.75) is 0 Å². The molecule has 1 heterocycles. The molecule has 0 saturated heterocycles. The molecule has 1 unspecified atom stereocenters. The van der Waals surface area contributed by atoms with Gasteiger partial charge >= 0.3 is 5.97 Å². The summed E-state index contributed by atoms with van der Waals surface area (Å²) in [6.45, 7) is 0. The summed E-state index contributed by atoms with van der Waals surface area (Å²) in [6.07, 6.45) is 0.787. The Balaban J connectivity index is 2.71. The van der Waals surface area contributed by atoms with Gasteiger partial charge in [-0.1, -0.05) is 0 Å². The number of carboxylic acids is 1. The van der Waals surface area contributed by atoms with E-state index in [0.29, 0.717) is 14.6 Å². The first-order valence-electron chi connectivity index (χ1n) is 5.28. The van der Waals surface area contributed by atoms with E-state index in [1.807, 2.05) is 0 Å². The molecule has 0 aliphatic rings. The first-order valence-corrected chi connectivity index (χ1v) is 8.98. The Labute approximate surface area is 130 Å². The second kappa shape index (κ2) is 5.40. The number of hydrogen-bond acceptors (Lipinski definition) is 4. The molecule has 21 heavy (non-hydrogen) atoms. The number of anilines is 1. The van der Waals surface area contributed by atoms with E-state index >= 15 is 0 Å². The second-order valence-electron chi connectivity index (χ2n) is 4.10. The van der Waals surface area contributed by atoms with E-state index < -0.39 is 27.3 Å². The lowest BCUT2D eigenvalue weighted by molar-refractivity contribution is 0.0691. The van der Waals surface area contributed by atoms with Crippen LogP contribution in [0.5, 0.6) is 0 Å². The Morgan fingerprint density at radius 1 is 1.38 bits per heavy atom. The van der Waals surface area contributed by atoms with Crippen molar-refractivity contribution in [3.63, 3.8) is 0 Å². The molecule has 0 radical (unpaired) electrons. The van der Waals surface area contributed by atoms with Crippen LogP contribution in [-0.4, -0.2) is 39.5 Å². The predicted octanol–water partition coefficient (Wildman–Crippen LogP) is 1.53. The van der Waals surface area contributed by atoms with E-state index in [9.17, 15) is 22.0 Å². The zero-order valence-electron chi connectivity index (χ0n) is 10.4. The molecule has 0 amide bonds. The largest absolute Gasteiger partial charge is 0.477 e. The average molecular weight is 397 g/mol. The van der Waals surface area contributed by atoms with Crippen LogP contribution in [0.25, 0.3) is 10.9 Å². The topological polar surface area (TPSA) is 128 Å². The Kier molecular flexibility index (Phi) is 4.10. The minimum atomic E-state index is -3.99. The van der Waals surface area contributed by atoms with Crippen LogP contribution < -0.4 is 3.71 Å². The van der Waals surface area contributed by atoms with Gasteiger partial charge in [-0.25, -0.2) is 17.4 Å². The summed E-state index contributed by atoms with van der Waals surface area (Å²) in [5, 5.41) is 9.43. The van der Waals surface area contributed by atoms with Gasteiger partial charge in [0, 0.05) is 15.4 Å². The number of aromatic carboxylic acids is 1. The highest BCUT2D eigenvalue weighted by atomic mass is 79.9. The first kappa shape index (κ1) is 15.9. The van der Waals surface area contributed by atoms with Crippen molar-refractivity contribution < 1.29 is 27.1 Å². The summed E-state index contributed by atoms with van der Waals surface area (Å²) in [5.74, 6) is -1.17. The highest BCUT2D eigenvalue weighted by Crippen LogP contribution is 2.33. The molecule has 114 valence electrons. The first-order chi connectivity index (χ1) is 9.61. The van der Waals surface area contributed by atoms with E-state index in [1.165, 1.54) is 18.2 Å². The maximum atomic E-state index is 11.6. The molecule has 11 heteroatoms. The van der Waals surface area contributed by atoms with Crippen molar-refractivity contribution in [3.8, 4) is 0 Å². The third-order valence-corrected chi connectivity index (χ3v) is 5.67. The molecule has 0 bridgehead atoms. The van der Waals surface area contributed by atoms with E-state index in [0.717, 1.165) is 6.26 Å². The molecule has 2 aromatic rings. The molecule has 3 N–H and O–H groups in total. The fourth-order valence-corrected chi connectivity index (χ4v) is 4.30. The van der Waals surface area contributed by atoms with Gasteiger partial charge in [0.2, 0.25) is 10.0 Å². The van der Waals surface area contributed by atoms with Crippen molar-refractivity contribution >= 4 is 59.8 Å². The average Bonchev–Trinajstić information content (AvgIpc) is 2.70. The van der Waals surface area contributed by atoms with E-state index in [-0.39, 0.29) is 15.9 Å². The van der Waals surface area contributed by atoms with Crippen LogP contribution in [-0.2, 0) is 21.3 Å². The molecule has 1 aromatic heterocycles. The quantitative estimate of drug-likeness (QED) is 0.672. The fraction of sp³-hybridized carbons (Fsp3) is 0.100. The SMILES string of the molecule is CS(=O)(=O)N(c1cc2[nH]c(C(=O)O)cc2cc1Br)S(=O)O. The number of H-pyrrole nitrogens is 1. The van der Waals surface area contributed by atoms with Crippen LogP contribution in [0.4, 0.5) is 5.69 Å². The van der Waals surface area contributed by atoms with Gasteiger partial charge in [-0.15, -0.1) is 0 Å². The third-order valence-electron chi connectivity index (χ3n) is 2.56. The van der Waals surface area contributed by atoms with Crippen LogP contribution in [0.15, 0.2) is 22.7 Å². The summed E-state index contributed by atoms with van der Waals surface area (Å²) in [7, 11) is -3.99. The number of carbonyl (C=O) groups is 1. The van der Waals surface area contributed by atoms with E-state index in [4.69, 9.17) is 5.11 Å². The maximum absolute atomic E-state index is 11.6. The summed E-state index contributed by atoms with van der Waals surface area (Å²) in [6, 6.07) is 4.10. The Bertz CT molecular complexity index is 860. The molecule has 8 nitrogen and oxygen atoms in total. The summed E-state index contributed by atoms with van der Waals surface area (Å²) in [5.41, 5.74) is 0.166. The van der Waals surface area contributed by atoms with Crippen molar-refractivity contribution in [2.75, 3.05) is 9.97 Å². The van der Waals surface area contributed by atoms with Crippen LogP contribution in [0.3, 0.4) is 0 Å². The number of sulfonamides is 1. The number of hydrogen-bond donors (Lipinski definition) is 3. The van der Waals surface area contributed by atoms with Gasteiger partial charge in [-0.05, 0) is 34.1 Å². The molecular formula is C10H9BrN2O6S2. The minimum Gasteiger partial charge on any atom is -0.477 e. The van der Waals surface area contributed by atoms with Crippen molar-refractivity contribution in [1.82, 2.24) is 4.98 Å². The van der Waals surface area contributed by atoms with Crippen molar-refractivity contribution in [1.29, 1.82) is 0 Å². The minimum absolute atomic E-state index is 0.0786. The third kappa shape index (κ3) is 3.10. The molecule has 1 atom stereocenters. The van der Waals surface area contributed by atoms with Gasteiger partial charge in [0.15, 0.2) is 0 Å². The van der Waals surface area contributed by atoms with Crippen LogP contribution in [0.1, 0.15) is 10.5 Å². The lowest BCUT2D eigenvalue weighted by atomic mass is 10.2. The Morgan fingerprint density at radius 2 is 2.00 bits per heavy atom. The number of nitrogens with one attached hydrogen (secondary N) is 1. The van der Waals surface area contributed by atoms with E-state index in [1.54, 1.807) is 0 Å². The molecular weight excluding hydrogens is 388 g/mol. The normalized spacial score (nSPS) is 13.3. The van der Waals surface area contributed by atoms with Gasteiger partial charge in [0.25, 0.3) is 11.3 Å². The Morgan fingerprint density at radius 3 is 2.48 bits per heavy atom. The number of fused-ring (bicyclic) bond motifs is 1. The number of rotatable bonds is 4. The lowest BCUT2D eigenvalue weighted by Crippen LogP contribution is -2.31. The van der Waals surface area contributed by atoms with Crippen LogP contribution in [0.2, 0.25) is 0 Å². The predicted molar refractivity (Wildman–Crippen MR) is 81.1 cm³/mol. The van der Waals surface area contributed by atoms with Crippen LogP contribution in [0, 0.1) is 0 Å². The molecule has 0 aliphatic carbocycles. The lowest BCUT2D eigenvalue weighted by Gasteiger charge is -2.18. The molecule has 0 aliphatic heterocycles. The zero-order valence-corrected chi connectivity index (χ0v) is 13.6. The van der Waals surface area contributed by atoms with Crippen LogP contribution >= 0.6 is 15.9 Å². The van der Waals surface area contributed by atoms with Gasteiger partial charge in [0.1, 0.15) is 5.69 Å². The smallest absolute Gasteiger partial charge is 0.352 e. The highest BCUT2D eigenvalue weighted by Gasteiger charge is 2.26. The second-order valence-corrected chi connectivity index (χ2v) is 7.84. The molecule has 0 saturated carbocycles. The van der Waals surface area contributed by atoms with Crippen molar-refractivity contribution in [2.24, 2.45) is 0 Å². The number of aromatic amines is 1. The van der Waals surface area contributed by atoms with E-state index in [2.05, 4.69) is 20.9 Å². The fourth-order valence-electron chi connectivity index (χ4n) is 1.78. The van der Waals surface area contributed by atoms with Gasteiger partial charge in [-0.2, -0.15) is 3.71 Å². The monoisotopic (exact) mass is 396 g/mol. The van der Waals surface area contributed by atoms with Gasteiger partial charge in [0.05, 0.1) is 11.9 Å². The molecule has 0 fully saturated rings. The standard InChI is InChI=1S/C10H9BrN2O6S2/c1-21(18,19)13(20(16)17)9-4-7-5(2-6(9)11)3-8(12-7)10(14)15/h2-4,12H,1H3,(H,14,15)(H,16,17). The molecule has 0 spiro atoms. The summed E-state index contributed by atoms with van der Waals surface area (Å²) >= 11 is 0.318. The number of nitrogens with zero attached hydrogens (tertiary/aromatic N) is 1. The number of halogens is 1. The molecule has 1 aromatic carbocycles.